The van der Waals surface area contributed by atoms with Gasteiger partial charge in [-0.25, -0.2) is 4.68 Å². The van der Waals surface area contributed by atoms with Gasteiger partial charge in [0, 0.05) is 25.6 Å². The van der Waals surface area contributed by atoms with Gasteiger partial charge in [-0.2, -0.15) is 0 Å². The number of rotatable bonds is 5. The number of tetrazole rings is 1. The van der Waals surface area contributed by atoms with Crippen LogP contribution in [0.1, 0.15) is 32.0 Å². The van der Waals surface area contributed by atoms with E-state index in [4.69, 9.17) is 4.74 Å². The number of carbonyl (C=O) groups is 1. The molecule has 8 nitrogen and oxygen atoms in total. The maximum Gasteiger partial charge on any atom is 0.225 e. The monoisotopic (exact) mass is 322 g/mol. The molecule has 2 aliphatic rings. The quantitative estimate of drug-likeness (QED) is 0.768. The molecule has 0 unspecified atom stereocenters. The summed E-state index contributed by atoms with van der Waals surface area (Å²) >= 11 is 0. The van der Waals surface area contributed by atoms with Crippen molar-refractivity contribution in [2.24, 2.45) is 5.92 Å². The van der Waals surface area contributed by atoms with Crippen molar-refractivity contribution in [3.63, 3.8) is 0 Å². The lowest BCUT2D eigenvalue weighted by atomic mass is 9.95. The molecule has 0 atom stereocenters. The Labute approximate surface area is 136 Å². The fourth-order valence-electron chi connectivity index (χ4n) is 3.30. The van der Waals surface area contributed by atoms with Crippen LogP contribution in [0.4, 0.5) is 0 Å². The van der Waals surface area contributed by atoms with Crippen LogP contribution in [0.5, 0.6) is 0 Å². The van der Waals surface area contributed by atoms with Crippen LogP contribution >= 0.6 is 0 Å². The second-order valence-electron chi connectivity index (χ2n) is 6.31. The summed E-state index contributed by atoms with van der Waals surface area (Å²) in [5.41, 5.74) is 0. The highest BCUT2D eigenvalue weighted by Crippen LogP contribution is 2.21. The van der Waals surface area contributed by atoms with Crippen molar-refractivity contribution in [3.05, 3.63) is 5.82 Å². The topological polar surface area (TPSA) is 76.4 Å². The van der Waals surface area contributed by atoms with E-state index >= 15 is 0 Å². The van der Waals surface area contributed by atoms with Gasteiger partial charge >= 0.3 is 0 Å². The van der Waals surface area contributed by atoms with E-state index in [2.05, 4.69) is 27.3 Å². The van der Waals surface area contributed by atoms with E-state index < -0.39 is 0 Å². The minimum atomic E-state index is 0.163. The first-order valence-electron chi connectivity index (χ1n) is 8.62. The second-order valence-corrected chi connectivity index (χ2v) is 6.31. The number of piperidine rings is 1. The molecule has 3 heterocycles. The molecule has 0 spiro atoms. The molecule has 3 rings (SSSR count). The zero-order valence-corrected chi connectivity index (χ0v) is 13.9. The van der Waals surface area contributed by atoms with E-state index in [1.807, 2.05) is 9.58 Å². The molecule has 1 aromatic heterocycles. The third-order valence-corrected chi connectivity index (χ3v) is 4.67. The number of hydrogen-bond donors (Lipinski definition) is 0. The minimum absolute atomic E-state index is 0.163. The lowest BCUT2D eigenvalue weighted by Gasteiger charge is -2.35. The Bertz CT molecular complexity index is 506. The van der Waals surface area contributed by atoms with Crippen LogP contribution in [0.2, 0.25) is 0 Å². The van der Waals surface area contributed by atoms with E-state index in [0.717, 1.165) is 64.4 Å². The van der Waals surface area contributed by atoms with Crippen LogP contribution in [0.3, 0.4) is 0 Å². The van der Waals surface area contributed by atoms with E-state index in [9.17, 15) is 4.79 Å². The lowest BCUT2D eigenvalue weighted by molar-refractivity contribution is -0.141. The number of likely N-dealkylation sites (tertiary alicyclic amines) is 1. The van der Waals surface area contributed by atoms with Crippen molar-refractivity contribution in [3.8, 4) is 0 Å². The first-order valence-corrected chi connectivity index (χ1v) is 8.62. The van der Waals surface area contributed by atoms with Crippen LogP contribution < -0.4 is 0 Å². The van der Waals surface area contributed by atoms with Crippen molar-refractivity contribution in [1.29, 1.82) is 0 Å². The minimum Gasteiger partial charge on any atom is -0.378 e. The normalized spacial score (nSPS) is 20.8. The maximum atomic E-state index is 12.5. The summed E-state index contributed by atoms with van der Waals surface area (Å²) in [6, 6.07) is 0. The molecule has 2 aliphatic heterocycles. The zero-order chi connectivity index (χ0) is 16.1. The SMILES string of the molecule is CCCn1nnnc1CN1CCC(C(=O)N2CCOCC2)CC1. The number of amides is 1. The van der Waals surface area contributed by atoms with Crippen LogP contribution in [-0.4, -0.2) is 75.3 Å². The molecule has 1 aromatic rings. The first-order chi connectivity index (χ1) is 11.3. The molecule has 0 saturated carbocycles. The van der Waals surface area contributed by atoms with Gasteiger partial charge in [-0.3, -0.25) is 9.69 Å². The smallest absolute Gasteiger partial charge is 0.225 e. The molecule has 0 N–H and O–H groups in total. The van der Waals surface area contributed by atoms with Crippen LogP contribution in [0, 0.1) is 5.92 Å². The summed E-state index contributed by atoms with van der Waals surface area (Å²) in [6.45, 7) is 8.43. The number of ether oxygens (including phenoxy) is 1. The van der Waals surface area contributed by atoms with E-state index in [1.165, 1.54) is 0 Å². The largest absolute Gasteiger partial charge is 0.378 e. The Balaban J connectivity index is 1.48. The summed E-state index contributed by atoms with van der Waals surface area (Å²) in [5, 5.41) is 11.9. The molecule has 0 radical (unpaired) electrons. The Morgan fingerprint density at radius 1 is 1.22 bits per heavy atom. The van der Waals surface area contributed by atoms with Crippen LogP contribution in [0.25, 0.3) is 0 Å². The summed E-state index contributed by atoms with van der Waals surface area (Å²) in [6.07, 6.45) is 2.87. The molecule has 0 aliphatic carbocycles. The van der Waals surface area contributed by atoms with Gasteiger partial charge in [0.1, 0.15) is 0 Å². The van der Waals surface area contributed by atoms with Crippen molar-refractivity contribution >= 4 is 5.91 Å². The fraction of sp³-hybridized carbons (Fsp3) is 0.867. The Kier molecular flexibility index (Phi) is 5.56. The van der Waals surface area contributed by atoms with Gasteiger partial charge in [-0.15, -0.1) is 5.10 Å². The number of nitrogens with zero attached hydrogens (tertiary/aromatic N) is 6. The number of aromatic nitrogens is 4. The zero-order valence-electron chi connectivity index (χ0n) is 13.9. The number of morpholine rings is 1. The molecule has 8 heteroatoms. The number of hydrogen-bond acceptors (Lipinski definition) is 6. The van der Waals surface area contributed by atoms with Crippen LogP contribution in [-0.2, 0) is 22.6 Å². The van der Waals surface area contributed by atoms with Gasteiger partial charge in [0.05, 0.1) is 19.8 Å². The van der Waals surface area contributed by atoms with Gasteiger partial charge in [-0.05, 0) is 42.8 Å². The standard InChI is InChI=1S/C15H26N6O2/c1-2-5-21-14(16-17-18-21)12-19-6-3-13(4-7-19)15(22)20-8-10-23-11-9-20/h13H,2-12H2,1H3. The van der Waals surface area contributed by atoms with E-state index in [1.54, 1.807) is 0 Å². The highest BCUT2D eigenvalue weighted by Gasteiger charge is 2.29. The highest BCUT2D eigenvalue weighted by molar-refractivity contribution is 5.79. The highest BCUT2D eigenvalue weighted by atomic mass is 16.5. The first kappa shape index (κ1) is 16.3. The molecule has 0 aromatic carbocycles. The van der Waals surface area contributed by atoms with Gasteiger partial charge in [-0.1, -0.05) is 6.92 Å². The van der Waals surface area contributed by atoms with E-state index in [0.29, 0.717) is 19.1 Å². The second kappa shape index (κ2) is 7.83. The summed E-state index contributed by atoms with van der Waals surface area (Å²) < 4.78 is 7.20. The van der Waals surface area contributed by atoms with E-state index in [-0.39, 0.29) is 5.92 Å². The molecule has 0 bridgehead atoms. The molecule has 23 heavy (non-hydrogen) atoms. The predicted octanol–water partition coefficient (Wildman–Crippen LogP) is 0.154. The van der Waals surface area contributed by atoms with Gasteiger partial charge in [0.2, 0.25) is 5.91 Å². The Morgan fingerprint density at radius 3 is 2.65 bits per heavy atom. The number of carbonyl (C=O) groups excluding carboxylic acids is 1. The average molecular weight is 322 g/mol. The molecule has 128 valence electrons. The molecular weight excluding hydrogens is 296 g/mol. The molecule has 2 saturated heterocycles. The summed E-state index contributed by atoms with van der Waals surface area (Å²) in [4.78, 5) is 16.8. The number of aryl methyl sites for hydroxylation is 1. The van der Waals surface area contributed by atoms with Gasteiger partial charge in [0.25, 0.3) is 0 Å². The molecular formula is C15H26N6O2. The predicted molar refractivity (Wildman–Crippen MR) is 83.5 cm³/mol. The fourth-order valence-corrected chi connectivity index (χ4v) is 3.30. The third kappa shape index (κ3) is 4.06. The average Bonchev–Trinajstić information content (AvgIpc) is 3.03. The van der Waals surface area contributed by atoms with Crippen molar-refractivity contribution in [2.45, 2.75) is 39.3 Å². The lowest BCUT2D eigenvalue weighted by Crippen LogP contribution is -2.46. The van der Waals surface area contributed by atoms with Crippen molar-refractivity contribution in [1.82, 2.24) is 30.0 Å². The third-order valence-electron chi connectivity index (χ3n) is 4.67. The van der Waals surface area contributed by atoms with Crippen LogP contribution in [0.15, 0.2) is 0 Å². The molecule has 1 amide bonds. The maximum absolute atomic E-state index is 12.5. The summed E-state index contributed by atoms with van der Waals surface area (Å²) in [7, 11) is 0. The Morgan fingerprint density at radius 2 is 1.96 bits per heavy atom. The van der Waals surface area contributed by atoms with Crippen molar-refractivity contribution < 1.29 is 9.53 Å². The van der Waals surface area contributed by atoms with Gasteiger partial charge < -0.3 is 9.64 Å². The Hall–Kier alpha value is -1.54. The molecule has 2 fully saturated rings. The van der Waals surface area contributed by atoms with Gasteiger partial charge in [0.15, 0.2) is 5.82 Å². The summed E-state index contributed by atoms with van der Waals surface area (Å²) in [5.74, 6) is 1.39. The van der Waals surface area contributed by atoms with Crippen molar-refractivity contribution in [2.75, 3.05) is 39.4 Å².